The standard InChI is InChI=1S/C18H14ClFN6O2/c1-2-14-22-18(28-25-14)10-5-6-26-15(7-10)23-24-16(26)9-21-17(27)12-4-3-11(20)8-13(12)19/h3-8H,2,9H2,1H3,(H,21,27). The molecule has 3 heterocycles. The average molecular weight is 401 g/mol. The largest absolute Gasteiger partial charge is 0.345 e. The van der Waals surface area contributed by atoms with Crippen LogP contribution in [-0.2, 0) is 13.0 Å². The van der Waals surface area contributed by atoms with Gasteiger partial charge in [0.1, 0.15) is 5.82 Å². The van der Waals surface area contributed by atoms with E-state index in [-0.39, 0.29) is 17.1 Å². The van der Waals surface area contributed by atoms with Gasteiger partial charge in [0.25, 0.3) is 11.8 Å². The zero-order chi connectivity index (χ0) is 19.7. The lowest BCUT2D eigenvalue weighted by atomic mass is 10.2. The summed E-state index contributed by atoms with van der Waals surface area (Å²) in [5.41, 5.74) is 1.47. The highest BCUT2D eigenvalue weighted by atomic mass is 35.5. The third-order valence-electron chi connectivity index (χ3n) is 4.09. The van der Waals surface area contributed by atoms with Crippen LogP contribution in [0.4, 0.5) is 4.39 Å². The van der Waals surface area contributed by atoms with Crippen molar-refractivity contribution in [3.8, 4) is 11.5 Å². The van der Waals surface area contributed by atoms with E-state index in [1.54, 1.807) is 22.7 Å². The third-order valence-corrected chi connectivity index (χ3v) is 4.41. The van der Waals surface area contributed by atoms with Gasteiger partial charge in [-0.2, -0.15) is 4.98 Å². The molecule has 0 spiro atoms. The van der Waals surface area contributed by atoms with E-state index >= 15 is 0 Å². The Labute approximate surface area is 163 Å². The first-order valence-electron chi connectivity index (χ1n) is 8.45. The van der Waals surface area contributed by atoms with Crippen LogP contribution in [0.25, 0.3) is 17.1 Å². The molecule has 4 rings (SSSR count). The Bertz CT molecular complexity index is 1170. The summed E-state index contributed by atoms with van der Waals surface area (Å²) in [6.45, 7) is 2.06. The van der Waals surface area contributed by atoms with Crippen molar-refractivity contribution in [2.75, 3.05) is 0 Å². The molecular formula is C18H14ClFN6O2. The fraction of sp³-hybridized carbons (Fsp3) is 0.167. The number of carbonyl (C=O) groups is 1. The summed E-state index contributed by atoms with van der Waals surface area (Å²) < 4.78 is 20.1. The summed E-state index contributed by atoms with van der Waals surface area (Å²) in [5, 5.41) is 14.8. The predicted molar refractivity (Wildman–Crippen MR) is 98.2 cm³/mol. The molecule has 0 radical (unpaired) electrons. The van der Waals surface area contributed by atoms with E-state index < -0.39 is 11.7 Å². The zero-order valence-corrected chi connectivity index (χ0v) is 15.4. The SMILES string of the molecule is CCc1noc(-c2ccn3c(CNC(=O)c4ccc(F)cc4Cl)nnc3c2)n1. The van der Waals surface area contributed by atoms with Crippen molar-refractivity contribution in [2.45, 2.75) is 19.9 Å². The van der Waals surface area contributed by atoms with E-state index in [4.69, 9.17) is 16.1 Å². The van der Waals surface area contributed by atoms with Gasteiger partial charge in [0, 0.05) is 18.2 Å². The molecular weight excluding hydrogens is 387 g/mol. The quantitative estimate of drug-likeness (QED) is 0.552. The first kappa shape index (κ1) is 18.1. The van der Waals surface area contributed by atoms with Crippen molar-refractivity contribution in [2.24, 2.45) is 0 Å². The summed E-state index contributed by atoms with van der Waals surface area (Å²) in [6, 6.07) is 7.16. The number of aryl methyl sites for hydroxylation is 1. The molecule has 3 aromatic heterocycles. The van der Waals surface area contributed by atoms with Crippen molar-refractivity contribution in [3.05, 3.63) is 64.6 Å². The number of fused-ring (bicyclic) bond motifs is 1. The fourth-order valence-electron chi connectivity index (χ4n) is 2.64. The van der Waals surface area contributed by atoms with Gasteiger partial charge in [-0.1, -0.05) is 23.7 Å². The van der Waals surface area contributed by atoms with Crippen LogP contribution in [0.15, 0.2) is 41.1 Å². The first-order valence-corrected chi connectivity index (χ1v) is 8.83. The van der Waals surface area contributed by atoms with E-state index in [1.807, 2.05) is 6.92 Å². The molecule has 0 aliphatic carbocycles. The molecule has 0 unspecified atom stereocenters. The molecule has 0 saturated carbocycles. The number of halogens is 2. The maximum atomic E-state index is 13.1. The molecule has 8 nitrogen and oxygen atoms in total. The minimum atomic E-state index is -0.506. The van der Waals surface area contributed by atoms with E-state index in [1.165, 1.54) is 12.1 Å². The maximum Gasteiger partial charge on any atom is 0.258 e. The summed E-state index contributed by atoms with van der Waals surface area (Å²) in [5.74, 6) is 0.611. The molecule has 1 aromatic carbocycles. The molecule has 0 aliphatic heterocycles. The van der Waals surface area contributed by atoms with Crippen LogP contribution in [0.3, 0.4) is 0 Å². The number of pyridine rings is 1. The van der Waals surface area contributed by atoms with Crippen LogP contribution in [0.1, 0.15) is 28.9 Å². The topological polar surface area (TPSA) is 98.2 Å². The van der Waals surface area contributed by atoms with Crippen LogP contribution in [-0.4, -0.2) is 30.6 Å². The molecule has 142 valence electrons. The van der Waals surface area contributed by atoms with Crippen LogP contribution < -0.4 is 5.32 Å². The molecule has 1 amide bonds. The van der Waals surface area contributed by atoms with Crippen molar-refractivity contribution in [3.63, 3.8) is 0 Å². The summed E-state index contributed by atoms with van der Waals surface area (Å²) in [4.78, 5) is 16.6. The monoisotopic (exact) mass is 400 g/mol. The van der Waals surface area contributed by atoms with Gasteiger partial charge in [-0.05, 0) is 30.3 Å². The number of rotatable bonds is 5. The Morgan fingerprint density at radius 2 is 2.14 bits per heavy atom. The van der Waals surface area contributed by atoms with E-state index in [0.717, 1.165) is 11.6 Å². The molecule has 0 aliphatic rings. The molecule has 0 atom stereocenters. The predicted octanol–water partition coefficient (Wildman–Crippen LogP) is 3.06. The Hall–Kier alpha value is -3.33. The van der Waals surface area contributed by atoms with Crippen molar-refractivity contribution < 1.29 is 13.7 Å². The van der Waals surface area contributed by atoms with E-state index in [9.17, 15) is 9.18 Å². The van der Waals surface area contributed by atoms with Gasteiger partial charge in [-0.25, -0.2) is 4.39 Å². The second kappa shape index (κ2) is 7.35. The van der Waals surface area contributed by atoms with Gasteiger partial charge in [-0.3, -0.25) is 9.20 Å². The van der Waals surface area contributed by atoms with Crippen LogP contribution in [0.2, 0.25) is 5.02 Å². The van der Waals surface area contributed by atoms with Gasteiger partial charge >= 0.3 is 0 Å². The lowest BCUT2D eigenvalue weighted by molar-refractivity contribution is 0.0950. The van der Waals surface area contributed by atoms with Crippen molar-refractivity contribution in [1.29, 1.82) is 0 Å². The Balaban J connectivity index is 1.52. The van der Waals surface area contributed by atoms with Crippen LogP contribution in [0.5, 0.6) is 0 Å². The average Bonchev–Trinajstić information content (AvgIpc) is 3.32. The minimum Gasteiger partial charge on any atom is -0.345 e. The highest BCUT2D eigenvalue weighted by Crippen LogP contribution is 2.20. The molecule has 28 heavy (non-hydrogen) atoms. The number of benzene rings is 1. The first-order chi connectivity index (χ1) is 13.5. The second-order valence-corrected chi connectivity index (χ2v) is 6.34. The van der Waals surface area contributed by atoms with Crippen molar-refractivity contribution in [1.82, 2.24) is 30.1 Å². The third kappa shape index (κ3) is 3.44. The van der Waals surface area contributed by atoms with Crippen LogP contribution in [0, 0.1) is 5.82 Å². The Kier molecular flexibility index (Phi) is 4.74. The number of carbonyl (C=O) groups excluding carboxylic acids is 1. The van der Waals surface area contributed by atoms with Gasteiger partial charge in [0.05, 0.1) is 17.1 Å². The van der Waals surface area contributed by atoms with Gasteiger partial charge < -0.3 is 9.84 Å². The van der Waals surface area contributed by atoms with Crippen LogP contribution >= 0.6 is 11.6 Å². The molecule has 0 fully saturated rings. The van der Waals surface area contributed by atoms with Crippen molar-refractivity contribution >= 4 is 23.2 Å². The number of nitrogens with zero attached hydrogens (tertiary/aromatic N) is 5. The van der Waals surface area contributed by atoms with Gasteiger partial charge in [0.15, 0.2) is 17.3 Å². The molecule has 4 aromatic rings. The van der Waals surface area contributed by atoms with Gasteiger partial charge in [0.2, 0.25) is 0 Å². The van der Waals surface area contributed by atoms with E-state index in [0.29, 0.717) is 29.6 Å². The molecule has 0 bridgehead atoms. The second-order valence-electron chi connectivity index (χ2n) is 5.94. The number of hydrogen-bond acceptors (Lipinski definition) is 6. The normalized spacial score (nSPS) is 11.1. The minimum absolute atomic E-state index is 0.0410. The number of nitrogens with one attached hydrogen (secondary N) is 1. The zero-order valence-electron chi connectivity index (χ0n) is 14.7. The Morgan fingerprint density at radius 3 is 2.89 bits per heavy atom. The highest BCUT2D eigenvalue weighted by molar-refractivity contribution is 6.33. The highest BCUT2D eigenvalue weighted by Gasteiger charge is 2.14. The molecule has 10 heteroatoms. The van der Waals surface area contributed by atoms with Gasteiger partial charge in [-0.15, -0.1) is 10.2 Å². The number of hydrogen-bond donors (Lipinski definition) is 1. The maximum absolute atomic E-state index is 13.1. The fourth-order valence-corrected chi connectivity index (χ4v) is 2.89. The number of aromatic nitrogens is 5. The molecule has 1 N–H and O–H groups in total. The summed E-state index contributed by atoms with van der Waals surface area (Å²) >= 11 is 5.91. The van der Waals surface area contributed by atoms with E-state index in [2.05, 4.69) is 25.7 Å². The summed E-state index contributed by atoms with van der Waals surface area (Å²) in [7, 11) is 0. The lowest BCUT2D eigenvalue weighted by Crippen LogP contribution is -2.24. The Morgan fingerprint density at radius 1 is 1.29 bits per heavy atom. The number of amides is 1. The summed E-state index contributed by atoms with van der Waals surface area (Å²) in [6.07, 6.45) is 2.44. The molecule has 0 saturated heterocycles. The lowest BCUT2D eigenvalue weighted by Gasteiger charge is -2.06. The smallest absolute Gasteiger partial charge is 0.258 e.